The molecule has 2 aromatic carbocycles. The highest BCUT2D eigenvalue weighted by Crippen LogP contribution is 2.43. The molecule has 0 bridgehead atoms. The largest absolute Gasteiger partial charge is 0.435 e. The lowest BCUT2D eigenvalue weighted by Gasteiger charge is -2.41. The predicted octanol–water partition coefficient (Wildman–Crippen LogP) is 2.61. The van der Waals surface area contributed by atoms with E-state index in [4.69, 9.17) is 9.73 Å². The number of ether oxygens (including phenoxy) is 2. The molecule has 0 aromatic heterocycles. The lowest BCUT2D eigenvalue weighted by molar-refractivity contribution is -0.130. The molecule has 1 aliphatic carbocycles. The second-order valence-electron chi connectivity index (χ2n) is 11.0. The lowest BCUT2D eigenvalue weighted by atomic mass is 9.72. The van der Waals surface area contributed by atoms with Crippen LogP contribution in [-0.2, 0) is 9.53 Å². The number of aliphatic hydroxyl groups excluding tert-OH is 1. The van der Waals surface area contributed by atoms with Crippen molar-refractivity contribution in [3.8, 4) is 5.75 Å². The van der Waals surface area contributed by atoms with E-state index in [9.17, 15) is 23.5 Å². The van der Waals surface area contributed by atoms with Gasteiger partial charge in [-0.3, -0.25) is 19.5 Å². The van der Waals surface area contributed by atoms with Crippen LogP contribution in [0.1, 0.15) is 45.8 Å². The van der Waals surface area contributed by atoms with E-state index < -0.39 is 12.7 Å². The first kappa shape index (κ1) is 29.1. The summed E-state index contributed by atoms with van der Waals surface area (Å²) in [6, 6.07) is 11.8. The van der Waals surface area contributed by atoms with Crippen LogP contribution in [0.25, 0.3) is 0 Å². The zero-order chi connectivity index (χ0) is 29.3. The maximum atomic E-state index is 13.2. The van der Waals surface area contributed by atoms with Crippen molar-refractivity contribution < 1.29 is 33.0 Å². The third-order valence-corrected chi connectivity index (χ3v) is 8.23. The topological polar surface area (TPSA) is 94.9 Å². The molecule has 0 spiro atoms. The number of nitrogens with zero attached hydrogens (tertiary/aromatic N) is 4. The van der Waals surface area contributed by atoms with Gasteiger partial charge in [-0.25, -0.2) is 0 Å². The Hall–Kier alpha value is -3.41. The van der Waals surface area contributed by atoms with Gasteiger partial charge < -0.3 is 24.4 Å². The van der Waals surface area contributed by atoms with Crippen LogP contribution in [0.4, 0.5) is 8.78 Å². The van der Waals surface area contributed by atoms with Gasteiger partial charge in [0.25, 0.3) is 5.91 Å². The second-order valence-corrected chi connectivity index (χ2v) is 11.0. The van der Waals surface area contributed by atoms with Crippen molar-refractivity contribution in [1.82, 2.24) is 14.7 Å². The highest BCUT2D eigenvalue weighted by atomic mass is 19.3. The monoisotopic (exact) mass is 570 g/mol. The fourth-order valence-corrected chi connectivity index (χ4v) is 6.00. The smallest absolute Gasteiger partial charge is 0.387 e. The number of rotatable bonds is 7. The van der Waals surface area contributed by atoms with Gasteiger partial charge in [-0.2, -0.15) is 8.78 Å². The Morgan fingerprint density at radius 2 is 1.78 bits per heavy atom. The molecule has 4 atom stereocenters. The quantitative estimate of drug-likeness (QED) is 0.550. The number of likely N-dealkylation sites (N-methyl/N-ethyl adjacent to an activating group) is 1. The van der Waals surface area contributed by atoms with Crippen molar-refractivity contribution in [1.29, 1.82) is 0 Å². The van der Waals surface area contributed by atoms with Crippen LogP contribution >= 0.6 is 0 Å². The van der Waals surface area contributed by atoms with Crippen LogP contribution in [0.2, 0.25) is 0 Å². The molecule has 2 fully saturated rings. The number of hydrogen-bond acceptors (Lipinski definition) is 7. The number of benzene rings is 2. The molecule has 4 unspecified atom stereocenters. The van der Waals surface area contributed by atoms with Crippen molar-refractivity contribution in [3.05, 3.63) is 64.7 Å². The molecule has 2 aromatic rings. The van der Waals surface area contributed by atoms with Gasteiger partial charge in [-0.1, -0.05) is 12.1 Å². The maximum Gasteiger partial charge on any atom is 0.387 e. The minimum absolute atomic E-state index is 0.0397. The van der Waals surface area contributed by atoms with Crippen LogP contribution in [0.15, 0.2) is 47.5 Å². The Morgan fingerprint density at radius 1 is 1.07 bits per heavy atom. The summed E-state index contributed by atoms with van der Waals surface area (Å²) >= 11 is 0. The molecule has 5 rings (SSSR count). The molecule has 1 saturated heterocycles. The van der Waals surface area contributed by atoms with Crippen molar-refractivity contribution in [2.75, 3.05) is 53.9 Å². The van der Waals surface area contributed by atoms with Gasteiger partial charge >= 0.3 is 6.61 Å². The summed E-state index contributed by atoms with van der Waals surface area (Å²) in [6.07, 6.45) is -0.0532. The number of carbonyl (C=O) groups excluding carboxylic acids is 2. The fourth-order valence-electron chi connectivity index (χ4n) is 6.00. The van der Waals surface area contributed by atoms with Gasteiger partial charge in [0.05, 0.1) is 30.5 Å². The number of alkyl halides is 2. The number of hydrogen-bond donors (Lipinski definition) is 1. The van der Waals surface area contributed by atoms with Crippen molar-refractivity contribution in [3.63, 3.8) is 0 Å². The van der Waals surface area contributed by atoms with Crippen LogP contribution in [0.5, 0.6) is 5.75 Å². The lowest BCUT2D eigenvalue weighted by Crippen LogP contribution is -2.51. The SMILES string of the molecule is COC1CC(O)CC2c3cc(OC(F)F)ccc3C(c3ccc(C(=O)N4CCN(CC(=O)N(C)C)CC4)cc3)=NC12. The Labute approximate surface area is 238 Å². The molecular weight excluding hydrogens is 534 g/mol. The highest BCUT2D eigenvalue weighted by Gasteiger charge is 2.42. The first-order chi connectivity index (χ1) is 19.6. The summed E-state index contributed by atoms with van der Waals surface area (Å²) in [7, 11) is 5.05. The molecule has 1 saturated carbocycles. The average Bonchev–Trinajstić information content (AvgIpc) is 2.96. The molecule has 2 amide bonds. The Kier molecular flexibility index (Phi) is 8.67. The van der Waals surface area contributed by atoms with Gasteiger partial charge in [-0.05, 0) is 42.3 Å². The minimum Gasteiger partial charge on any atom is -0.435 e. The molecule has 2 aliphatic heterocycles. The molecule has 220 valence electrons. The summed E-state index contributed by atoms with van der Waals surface area (Å²) in [5.74, 6) is -0.190. The van der Waals surface area contributed by atoms with Gasteiger partial charge in [0, 0.05) is 76.4 Å². The van der Waals surface area contributed by atoms with E-state index in [0.717, 1.165) is 16.7 Å². The molecule has 9 nitrogen and oxygen atoms in total. The Bertz CT molecular complexity index is 1290. The van der Waals surface area contributed by atoms with Gasteiger partial charge in [0.2, 0.25) is 5.91 Å². The van der Waals surface area contributed by atoms with Crippen LogP contribution < -0.4 is 4.74 Å². The highest BCUT2D eigenvalue weighted by molar-refractivity contribution is 6.15. The Morgan fingerprint density at radius 3 is 2.41 bits per heavy atom. The van der Waals surface area contributed by atoms with Gasteiger partial charge in [0.15, 0.2) is 0 Å². The van der Waals surface area contributed by atoms with Gasteiger partial charge in [0.1, 0.15) is 5.75 Å². The predicted molar refractivity (Wildman–Crippen MR) is 149 cm³/mol. The summed E-state index contributed by atoms with van der Waals surface area (Å²) in [5.41, 5.74) is 3.58. The third kappa shape index (κ3) is 6.27. The number of carbonyl (C=O) groups is 2. The van der Waals surface area contributed by atoms with E-state index in [1.807, 2.05) is 12.1 Å². The fraction of sp³-hybridized carbons (Fsp3) is 0.500. The first-order valence-corrected chi connectivity index (χ1v) is 13.8. The van der Waals surface area contributed by atoms with E-state index in [1.54, 1.807) is 55.3 Å². The number of aliphatic imine (C=N–C) groups is 1. The Balaban J connectivity index is 1.37. The molecular formula is C30H36F2N4O5. The molecule has 3 aliphatic rings. The number of fused-ring (bicyclic) bond motifs is 3. The standard InChI is InChI=1S/C30H36F2N4O5/c1-34(2)26(38)17-35-10-12-36(13-11-35)29(39)19-6-4-18(5-7-19)27-22-9-8-21(41-30(31)32)16-23(22)24-14-20(37)15-25(40-3)28(24)33-27/h4-9,16,20,24-25,28,30,37H,10-15,17H2,1-3H3. The van der Waals surface area contributed by atoms with E-state index >= 15 is 0 Å². The normalized spacial score (nSPS) is 24.4. The molecule has 2 heterocycles. The zero-order valence-corrected chi connectivity index (χ0v) is 23.5. The summed E-state index contributed by atoms with van der Waals surface area (Å²) in [5, 5.41) is 10.5. The number of aliphatic hydroxyl groups is 1. The number of methoxy groups -OCH3 is 1. The zero-order valence-electron chi connectivity index (χ0n) is 23.5. The van der Waals surface area contributed by atoms with E-state index in [-0.39, 0.29) is 35.6 Å². The van der Waals surface area contributed by atoms with Crippen molar-refractivity contribution in [2.45, 2.75) is 43.6 Å². The van der Waals surface area contributed by atoms with E-state index in [2.05, 4.69) is 9.64 Å². The van der Waals surface area contributed by atoms with Crippen molar-refractivity contribution >= 4 is 17.5 Å². The maximum absolute atomic E-state index is 13.2. The van der Waals surface area contributed by atoms with Crippen LogP contribution in [0, 0.1) is 0 Å². The summed E-state index contributed by atoms with van der Waals surface area (Å²) in [4.78, 5) is 35.7. The van der Waals surface area contributed by atoms with Crippen LogP contribution in [0.3, 0.4) is 0 Å². The van der Waals surface area contributed by atoms with Crippen molar-refractivity contribution in [2.24, 2.45) is 4.99 Å². The third-order valence-electron chi connectivity index (χ3n) is 8.23. The average molecular weight is 571 g/mol. The first-order valence-electron chi connectivity index (χ1n) is 13.8. The minimum atomic E-state index is -2.95. The molecule has 0 radical (unpaired) electrons. The summed E-state index contributed by atoms with van der Waals surface area (Å²) < 4.78 is 36.4. The number of piperazine rings is 1. The number of amides is 2. The van der Waals surface area contributed by atoms with Gasteiger partial charge in [-0.15, -0.1) is 0 Å². The van der Waals surface area contributed by atoms with Crippen LogP contribution in [-0.4, -0.2) is 116 Å². The number of halogens is 2. The molecule has 11 heteroatoms. The van der Waals surface area contributed by atoms with E-state index in [1.165, 1.54) is 6.07 Å². The molecule has 1 N–H and O–H groups in total. The molecule has 41 heavy (non-hydrogen) atoms. The second kappa shape index (κ2) is 12.2. The summed E-state index contributed by atoms with van der Waals surface area (Å²) in [6.45, 7) is -0.264. The van der Waals surface area contributed by atoms with E-state index in [0.29, 0.717) is 56.8 Å².